The van der Waals surface area contributed by atoms with Crippen molar-refractivity contribution in [2.24, 2.45) is 0 Å². The second-order valence-electron chi connectivity index (χ2n) is 4.25. The molecule has 0 aromatic rings. The van der Waals surface area contributed by atoms with Gasteiger partial charge in [-0.3, -0.25) is 4.79 Å². The number of carbonyl (C=O) groups excluding carboxylic acids is 1. The third-order valence-electron chi connectivity index (χ3n) is 2.83. The molecule has 98 valence electrons. The molecule has 1 amide bonds. The van der Waals surface area contributed by atoms with Gasteiger partial charge in [0, 0.05) is 20.1 Å². The number of carbonyl (C=O) groups is 2. The van der Waals surface area contributed by atoms with Crippen LogP contribution in [0.3, 0.4) is 0 Å². The van der Waals surface area contributed by atoms with E-state index in [0.29, 0.717) is 6.54 Å². The summed E-state index contributed by atoms with van der Waals surface area (Å²) in [6.07, 6.45) is 2.47. The van der Waals surface area contributed by atoms with Crippen LogP contribution < -0.4 is 0 Å². The number of ether oxygens (including phenoxy) is 1. The highest BCUT2D eigenvalue weighted by Crippen LogP contribution is 2.06. The number of amides is 1. The van der Waals surface area contributed by atoms with Gasteiger partial charge in [-0.15, -0.1) is 0 Å². The molecular formula is C11H20N2O4. The third kappa shape index (κ3) is 5.65. The molecule has 0 radical (unpaired) electrons. The molecule has 6 nitrogen and oxygen atoms in total. The lowest BCUT2D eigenvalue weighted by atomic mass is 10.4. The first kappa shape index (κ1) is 13.9. The van der Waals surface area contributed by atoms with Crippen molar-refractivity contribution in [3.8, 4) is 0 Å². The van der Waals surface area contributed by atoms with Gasteiger partial charge >= 0.3 is 5.97 Å². The number of carboxylic acids is 1. The minimum atomic E-state index is -1.06. The standard InChI is InChI=1S/C11H20N2O4/c1-12(6-7-13-4-2-3-5-13)10(14)8-17-9-11(15)16/h2-9H2,1H3,(H,15,16). The maximum Gasteiger partial charge on any atom is 0.329 e. The van der Waals surface area contributed by atoms with Crippen molar-refractivity contribution < 1.29 is 19.4 Å². The van der Waals surface area contributed by atoms with Crippen LogP contribution in [0.15, 0.2) is 0 Å². The van der Waals surface area contributed by atoms with Crippen molar-refractivity contribution in [1.82, 2.24) is 9.80 Å². The van der Waals surface area contributed by atoms with E-state index in [0.717, 1.165) is 19.6 Å². The molecule has 1 rings (SSSR count). The Morgan fingerprint density at radius 2 is 1.94 bits per heavy atom. The van der Waals surface area contributed by atoms with Crippen molar-refractivity contribution in [1.29, 1.82) is 0 Å². The largest absolute Gasteiger partial charge is 0.480 e. The molecule has 6 heteroatoms. The first-order valence-corrected chi connectivity index (χ1v) is 5.85. The predicted molar refractivity (Wildman–Crippen MR) is 61.8 cm³/mol. The zero-order valence-corrected chi connectivity index (χ0v) is 10.2. The molecule has 0 atom stereocenters. The summed E-state index contributed by atoms with van der Waals surface area (Å²) < 4.78 is 4.75. The average Bonchev–Trinajstić information content (AvgIpc) is 2.78. The Morgan fingerprint density at radius 3 is 2.53 bits per heavy atom. The zero-order valence-electron chi connectivity index (χ0n) is 10.2. The lowest BCUT2D eigenvalue weighted by molar-refractivity contribution is -0.145. The normalized spacial score (nSPS) is 16.1. The molecule has 0 aliphatic carbocycles. The van der Waals surface area contributed by atoms with Gasteiger partial charge in [0.2, 0.25) is 5.91 Å². The van der Waals surface area contributed by atoms with Crippen molar-refractivity contribution in [2.45, 2.75) is 12.8 Å². The Morgan fingerprint density at radius 1 is 1.29 bits per heavy atom. The molecule has 1 fully saturated rings. The van der Waals surface area contributed by atoms with E-state index in [1.165, 1.54) is 12.8 Å². The van der Waals surface area contributed by atoms with Crippen molar-refractivity contribution in [3.05, 3.63) is 0 Å². The Balaban J connectivity index is 2.10. The highest BCUT2D eigenvalue weighted by Gasteiger charge is 2.14. The molecule has 1 N–H and O–H groups in total. The molecule has 0 aromatic heterocycles. The zero-order chi connectivity index (χ0) is 12.7. The van der Waals surface area contributed by atoms with E-state index in [-0.39, 0.29) is 12.5 Å². The van der Waals surface area contributed by atoms with Crippen LogP contribution in [0.1, 0.15) is 12.8 Å². The molecule has 0 saturated carbocycles. The van der Waals surface area contributed by atoms with Gasteiger partial charge in [0.1, 0.15) is 13.2 Å². The Bertz CT molecular complexity index is 264. The SMILES string of the molecule is CN(CCN1CCCC1)C(=O)COCC(=O)O. The Labute approximate surface area is 101 Å². The van der Waals surface area contributed by atoms with E-state index < -0.39 is 12.6 Å². The minimum absolute atomic E-state index is 0.164. The molecule has 1 aliphatic rings. The van der Waals surface area contributed by atoms with Crippen molar-refractivity contribution >= 4 is 11.9 Å². The molecule has 0 aromatic carbocycles. The van der Waals surface area contributed by atoms with E-state index in [1.54, 1.807) is 11.9 Å². The van der Waals surface area contributed by atoms with Gasteiger partial charge in [-0.1, -0.05) is 0 Å². The van der Waals surface area contributed by atoms with Crippen LogP contribution in [0.5, 0.6) is 0 Å². The summed E-state index contributed by atoms with van der Waals surface area (Å²) in [5.74, 6) is -1.23. The third-order valence-corrected chi connectivity index (χ3v) is 2.83. The lowest BCUT2D eigenvalue weighted by Crippen LogP contribution is -2.37. The summed E-state index contributed by atoms with van der Waals surface area (Å²) >= 11 is 0. The molecule has 1 heterocycles. The Kier molecular flexibility index (Phi) is 5.93. The summed E-state index contributed by atoms with van der Waals surface area (Å²) in [6.45, 7) is 3.17. The van der Waals surface area contributed by atoms with Gasteiger partial charge in [-0.25, -0.2) is 4.79 Å². The Hall–Kier alpha value is -1.14. The number of likely N-dealkylation sites (tertiary alicyclic amines) is 1. The fourth-order valence-electron chi connectivity index (χ4n) is 1.76. The van der Waals surface area contributed by atoms with E-state index in [4.69, 9.17) is 9.84 Å². The van der Waals surface area contributed by atoms with Crippen LogP contribution >= 0.6 is 0 Å². The first-order chi connectivity index (χ1) is 8.09. The maximum atomic E-state index is 11.5. The molecular weight excluding hydrogens is 224 g/mol. The van der Waals surface area contributed by atoms with Crippen molar-refractivity contribution in [2.75, 3.05) is 46.4 Å². The van der Waals surface area contributed by atoms with E-state index in [1.807, 2.05) is 0 Å². The first-order valence-electron chi connectivity index (χ1n) is 5.85. The van der Waals surface area contributed by atoms with Crippen LogP contribution in [-0.2, 0) is 14.3 Å². The number of aliphatic carboxylic acids is 1. The quantitative estimate of drug-likeness (QED) is 0.662. The number of likely N-dealkylation sites (N-methyl/N-ethyl adjacent to an activating group) is 1. The van der Waals surface area contributed by atoms with E-state index >= 15 is 0 Å². The van der Waals surface area contributed by atoms with Crippen LogP contribution in [-0.4, -0.2) is 73.2 Å². The van der Waals surface area contributed by atoms with Crippen LogP contribution in [0, 0.1) is 0 Å². The summed E-state index contributed by atoms with van der Waals surface area (Å²) in [7, 11) is 1.71. The van der Waals surface area contributed by atoms with Gasteiger partial charge in [0.05, 0.1) is 0 Å². The van der Waals surface area contributed by atoms with Crippen LogP contribution in [0.4, 0.5) is 0 Å². The summed E-state index contributed by atoms with van der Waals surface area (Å²) in [4.78, 5) is 25.6. The minimum Gasteiger partial charge on any atom is -0.480 e. The molecule has 0 spiro atoms. The number of hydrogen-bond acceptors (Lipinski definition) is 4. The van der Waals surface area contributed by atoms with Gasteiger partial charge in [-0.05, 0) is 25.9 Å². The van der Waals surface area contributed by atoms with Gasteiger partial charge in [-0.2, -0.15) is 0 Å². The molecule has 1 saturated heterocycles. The van der Waals surface area contributed by atoms with Crippen LogP contribution in [0.2, 0.25) is 0 Å². The lowest BCUT2D eigenvalue weighted by Gasteiger charge is -2.21. The molecule has 0 bridgehead atoms. The maximum absolute atomic E-state index is 11.5. The van der Waals surface area contributed by atoms with Gasteiger partial charge in [0.15, 0.2) is 0 Å². The topological polar surface area (TPSA) is 70.1 Å². The smallest absolute Gasteiger partial charge is 0.329 e. The summed E-state index contributed by atoms with van der Waals surface area (Å²) in [5.41, 5.74) is 0. The number of rotatable bonds is 7. The molecule has 1 aliphatic heterocycles. The highest BCUT2D eigenvalue weighted by molar-refractivity contribution is 5.77. The number of nitrogens with zero attached hydrogens (tertiary/aromatic N) is 2. The highest BCUT2D eigenvalue weighted by atomic mass is 16.5. The van der Waals surface area contributed by atoms with E-state index in [9.17, 15) is 9.59 Å². The molecule has 17 heavy (non-hydrogen) atoms. The summed E-state index contributed by atoms with van der Waals surface area (Å²) in [6, 6.07) is 0. The molecule has 0 unspecified atom stereocenters. The van der Waals surface area contributed by atoms with Gasteiger partial charge in [0.25, 0.3) is 0 Å². The summed E-state index contributed by atoms with van der Waals surface area (Å²) in [5, 5.41) is 8.36. The second kappa shape index (κ2) is 7.24. The number of hydrogen-bond donors (Lipinski definition) is 1. The van der Waals surface area contributed by atoms with Gasteiger partial charge < -0.3 is 19.6 Å². The average molecular weight is 244 g/mol. The van der Waals surface area contributed by atoms with E-state index in [2.05, 4.69) is 4.90 Å². The fraction of sp³-hybridized carbons (Fsp3) is 0.818. The fourth-order valence-corrected chi connectivity index (χ4v) is 1.76. The predicted octanol–water partition coefficient (Wildman–Crippen LogP) is -0.358. The number of carboxylic acid groups (broad SMARTS) is 1. The van der Waals surface area contributed by atoms with Crippen molar-refractivity contribution in [3.63, 3.8) is 0 Å². The monoisotopic (exact) mass is 244 g/mol. The second-order valence-corrected chi connectivity index (χ2v) is 4.25. The van der Waals surface area contributed by atoms with Crippen LogP contribution in [0.25, 0.3) is 0 Å².